The van der Waals surface area contributed by atoms with Crippen molar-refractivity contribution in [2.75, 3.05) is 31.1 Å². The number of aromatic amines is 1. The lowest BCUT2D eigenvalue weighted by Gasteiger charge is -2.33. The molecule has 0 aliphatic carbocycles. The minimum absolute atomic E-state index is 0.468. The molecule has 9 heteroatoms. The van der Waals surface area contributed by atoms with Crippen LogP contribution in [0.2, 0.25) is 5.02 Å². The van der Waals surface area contributed by atoms with E-state index in [1.54, 1.807) is 0 Å². The molecule has 4 aromatic rings. The number of amides is 1. The number of H-pyrrole nitrogens is 1. The second kappa shape index (κ2) is 6.66. The Bertz CT molecular complexity index is 1240. The number of fused-ring (bicyclic) bond motifs is 2. The summed E-state index contributed by atoms with van der Waals surface area (Å²) in [6, 6.07) is 6.06. The molecule has 1 fully saturated rings. The van der Waals surface area contributed by atoms with E-state index in [9.17, 15) is 4.79 Å². The lowest BCUT2D eigenvalue weighted by molar-refractivity contribution is 0.142. The van der Waals surface area contributed by atoms with Crippen molar-refractivity contribution in [3.63, 3.8) is 0 Å². The molecule has 8 nitrogen and oxygen atoms in total. The van der Waals surface area contributed by atoms with Gasteiger partial charge in [-0.15, -0.1) is 0 Å². The molecule has 3 aromatic heterocycles. The molecule has 0 radical (unpaired) electrons. The topological polar surface area (TPSA) is 89.8 Å². The van der Waals surface area contributed by atoms with Gasteiger partial charge in [-0.1, -0.05) is 17.7 Å². The molecular formula is C20H19ClN6O2. The van der Waals surface area contributed by atoms with Crippen molar-refractivity contribution in [1.29, 1.82) is 0 Å². The number of pyridine rings is 1. The molecule has 1 aliphatic heterocycles. The average molecular weight is 411 g/mol. The summed E-state index contributed by atoms with van der Waals surface area (Å²) in [4.78, 5) is 19.3. The van der Waals surface area contributed by atoms with Crippen LogP contribution in [0.25, 0.3) is 27.7 Å². The molecule has 2 N–H and O–H groups in total. The zero-order valence-electron chi connectivity index (χ0n) is 15.8. The zero-order chi connectivity index (χ0) is 20.1. The standard InChI is InChI=1S/C20H19ClN6O2/c1-12-2-3-16-14(9-23-24-16)19(12)13-8-17-22-10-18(27(17)11-15(13)21)25-4-6-26(7-5-25)20(28)29/h2-3,8-11H,4-7H2,1H3,(H,23,24)(H,28,29). The highest BCUT2D eigenvalue weighted by Gasteiger charge is 2.23. The smallest absolute Gasteiger partial charge is 0.407 e. The van der Waals surface area contributed by atoms with Gasteiger partial charge in [0.2, 0.25) is 0 Å². The van der Waals surface area contributed by atoms with Gasteiger partial charge in [-0.05, 0) is 30.2 Å². The Hall–Kier alpha value is -3.26. The normalized spacial score (nSPS) is 14.8. The van der Waals surface area contributed by atoms with Crippen LogP contribution in [-0.2, 0) is 0 Å². The van der Waals surface area contributed by atoms with Crippen LogP contribution in [0.3, 0.4) is 0 Å². The third kappa shape index (κ3) is 2.87. The number of carboxylic acid groups (broad SMARTS) is 1. The summed E-state index contributed by atoms with van der Waals surface area (Å²) in [6.07, 6.45) is 4.64. The maximum atomic E-state index is 11.1. The molecule has 148 valence electrons. The van der Waals surface area contributed by atoms with Gasteiger partial charge in [0.05, 0.1) is 22.9 Å². The van der Waals surface area contributed by atoms with Crippen LogP contribution in [0.15, 0.2) is 36.8 Å². The van der Waals surface area contributed by atoms with Gasteiger partial charge in [0.25, 0.3) is 0 Å². The van der Waals surface area contributed by atoms with Crippen LogP contribution in [0.4, 0.5) is 10.6 Å². The largest absolute Gasteiger partial charge is 0.465 e. The molecule has 29 heavy (non-hydrogen) atoms. The number of imidazole rings is 1. The van der Waals surface area contributed by atoms with Crippen molar-refractivity contribution in [2.45, 2.75) is 6.92 Å². The van der Waals surface area contributed by atoms with Gasteiger partial charge >= 0.3 is 6.09 Å². The number of hydrogen-bond acceptors (Lipinski definition) is 4. The van der Waals surface area contributed by atoms with Crippen molar-refractivity contribution >= 4 is 40.1 Å². The van der Waals surface area contributed by atoms with Crippen LogP contribution in [0, 0.1) is 6.92 Å². The van der Waals surface area contributed by atoms with Gasteiger partial charge in [-0.25, -0.2) is 9.78 Å². The fourth-order valence-corrected chi connectivity index (χ4v) is 4.27. The summed E-state index contributed by atoms with van der Waals surface area (Å²) < 4.78 is 1.97. The molecule has 1 aromatic carbocycles. The van der Waals surface area contributed by atoms with Crippen molar-refractivity contribution < 1.29 is 9.90 Å². The first kappa shape index (κ1) is 17.8. The lowest BCUT2D eigenvalue weighted by Crippen LogP contribution is -2.48. The van der Waals surface area contributed by atoms with E-state index < -0.39 is 6.09 Å². The predicted molar refractivity (Wildman–Crippen MR) is 112 cm³/mol. The maximum Gasteiger partial charge on any atom is 0.407 e. The Morgan fingerprint density at radius 2 is 2.00 bits per heavy atom. The number of hydrogen-bond donors (Lipinski definition) is 2. The first-order valence-corrected chi connectivity index (χ1v) is 9.73. The van der Waals surface area contributed by atoms with Gasteiger partial charge in [0.15, 0.2) is 0 Å². The fourth-order valence-electron chi connectivity index (χ4n) is 4.02. The number of aryl methyl sites for hydroxylation is 1. The Balaban J connectivity index is 1.56. The van der Waals surface area contributed by atoms with Crippen LogP contribution in [0.5, 0.6) is 0 Å². The lowest BCUT2D eigenvalue weighted by atomic mass is 9.97. The molecule has 0 atom stereocenters. The highest BCUT2D eigenvalue weighted by molar-refractivity contribution is 6.33. The molecule has 0 saturated carbocycles. The fraction of sp³-hybridized carbons (Fsp3) is 0.250. The molecule has 0 unspecified atom stereocenters. The van der Waals surface area contributed by atoms with Crippen LogP contribution < -0.4 is 4.90 Å². The quantitative estimate of drug-likeness (QED) is 0.526. The predicted octanol–water partition coefficient (Wildman–Crippen LogP) is 3.64. The monoisotopic (exact) mass is 410 g/mol. The summed E-state index contributed by atoms with van der Waals surface area (Å²) in [5.74, 6) is 0.914. The number of rotatable bonds is 2. The van der Waals surface area contributed by atoms with E-state index in [2.05, 4.69) is 33.1 Å². The molecule has 1 amide bonds. The minimum Gasteiger partial charge on any atom is -0.465 e. The first-order chi connectivity index (χ1) is 14.0. The zero-order valence-corrected chi connectivity index (χ0v) is 16.5. The molecule has 1 saturated heterocycles. The number of nitrogens with zero attached hydrogens (tertiary/aromatic N) is 5. The molecular weight excluding hydrogens is 392 g/mol. The maximum absolute atomic E-state index is 11.1. The van der Waals surface area contributed by atoms with Gasteiger partial charge in [0.1, 0.15) is 11.5 Å². The Morgan fingerprint density at radius 3 is 2.76 bits per heavy atom. The van der Waals surface area contributed by atoms with E-state index in [-0.39, 0.29) is 0 Å². The number of nitrogens with one attached hydrogen (secondary N) is 1. The second-order valence-electron chi connectivity index (χ2n) is 7.23. The van der Waals surface area contributed by atoms with Gasteiger partial charge < -0.3 is 14.9 Å². The highest BCUT2D eigenvalue weighted by atomic mass is 35.5. The summed E-state index contributed by atoms with van der Waals surface area (Å²) in [7, 11) is 0. The highest BCUT2D eigenvalue weighted by Crippen LogP contribution is 2.37. The molecule has 0 spiro atoms. The summed E-state index contributed by atoms with van der Waals surface area (Å²) >= 11 is 6.73. The third-order valence-corrected chi connectivity index (χ3v) is 5.86. The van der Waals surface area contributed by atoms with Crippen LogP contribution >= 0.6 is 11.6 Å². The Kier molecular flexibility index (Phi) is 4.09. The third-order valence-electron chi connectivity index (χ3n) is 5.56. The van der Waals surface area contributed by atoms with E-state index in [4.69, 9.17) is 16.7 Å². The number of carbonyl (C=O) groups is 1. The van der Waals surface area contributed by atoms with E-state index in [0.29, 0.717) is 31.2 Å². The number of anilines is 1. The van der Waals surface area contributed by atoms with E-state index in [0.717, 1.165) is 39.1 Å². The van der Waals surface area contributed by atoms with E-state index in [1.165, 1.54) is 4.90 Å². The SMILES string of the molecule is Cc1ccc2[nH]ncc2c1-c1cc2ncc(N3CCN(C(=O)O)CC3)n2cc1Cl. The van der Waals surface area contributed by atoms with Gasteiger partial charge in [0, 0.05) is 43.3 Å². The number of benzene rings is 1. The molecule has 0 bridgehead atoms. The first-order valence-electron chi connectivity index (χ1n) is 9.35. The van der Waals surface area contributed by atoms with Crippen molar-refractivity contribution in [1.82, 2.24) is 24.5 Å². The number of aromatic nitrogens is 4. The van der Waals surface area contributed by atoms with E-state index in [1.807, 2.05) is 35.1 Å². The van der Waals surface area contributed by atoms with Crippen LogP contribution in [-0.4, -0.2) is 61.9 Å². The van der Waals surface area contributed by atoms with Gasteiger partial charge in [-0.2, -0.15) is 5.10 Å². The van der Waals surface area contributed by atoms with Gasteiger partial charge in [-0.3, -0.25) is 9.50 Å². The van der Waals surface area contributed by atoms with Crippen LogP contribution in [0.1, 0.15) is 5.56 Å². The van der Waals surface area contributed by atoms with Crippen molar-refractivity contribution in [3.8, 4) is 11.1 Å². The summed E-state index contributed by atoms with van der Waals surface area (Å²) in [5, 5.41) is 18.0. The Labute approximate surface area is 171 Å². The van der Waals surface area contributed by atoms with Crippen molar-refractivity contribution in [2.24, 2.45) is 0 Å². The Morgan fingerprint density at radius 1 is 1.21 bits per heavy atom. The molecule has 1 aliphatic rings. The number of piperazine rings is 1. The minimum atomic E-state index is -0.876. The number of halogens is 1. The summed E-state index contributed by atoms with van der Waals surface area (Å²) in [5.41, 5.74) is 4.82. The summed E-state index contributed by atoms with van der Waals surface area (Å²) in [6.45, 7) is 4.23. The van der Waals surface area contributed by atoms with Crippen molar-refractivity contribution in [3.05, 3.63) is 47.4 Å². The van der Waals surface area contributed by atoms with E-state index >= 15 is 0 Å². The average Bonchev–Trinajstić information content (AvgIpc) is 3.34. The second-order valence-corrected chi connectivity index (χ2v) is 7.63. The molecule has 5 rings (SSSR count). The molecule has 4 heterocycles.